The van der Waals surface area contributed by atoms with Gasteiger partial charge in [-0.25, -0.2) is 0 Å². The quantitative estimate of drug-likeness (QED) is 0.369. The Balaban J connectivity index is 4.47. The summed E-state index contributed by atoms with van der Waals surface area (Å²) < 4.78 is 0. The number of hydrogen-bond acceptors (Lipinski definition) is 0. The van der Waals surface area contributed by atoms with E-state index in [1.54, 1.807) is 6.08 Å². The van der Waals surface area contributed by atoms with E-state index in [-0.39, 0.29) is 5.16 Å². The summed E-state index contributed by atoms with van der Waals surface area (Å²) >= 11 is 35.0. The van der Waals surface area contributed by atoms with E-state index in [1.165, 1.54) is 0 Å². The Kier molecular flexibility index (Phi) is 6.71. The molecule has 0 spiro atoms. The fourth-order valence-corrected chi connectivity index (χ4v) is 18.6. The lowest BCUT2D eigenvalue weighted by Gasteiger charge is -2.26. The highest BCUT2D eigenvalue weighted by atomic mass is 35.8. The molecule has 0 heterocycles. The van der Waals surface area contributed by atoms with Gasteiger partial charge in [0.1, 0.15) is 0 Å². The first-order chi connectivity index (χ1) is 5.69. The molecule has 0 aromatic rings. The number of halogens is 6. The van der Waals surface area contributed by atoms with Crippen LogP contribution in [0.2, 0.25) is 5.16 Å². The molecule has 0 radical (unpaired) electrons. The maximum absolute atomic E-state index is 5.84. The first kappa shape index (κ1) is 14.9. The molecule has 0 rings (SSSR count). The predicted molar refractivity (Wildman–Crippen MR) is 69.8 cm³/mol. The number of hydrogen-bond donors (Lipinski definition) is 0. The van der Waals surface area contributed by atoms with Gasteiger partial charge in [0.2, 0.25) is 0 Å². The van der Waals surface area contributed by atoms with Gasteiger partial charge in [-0.05, 0) is 12.8 Å². The van der Waals surface area contributed by atoms with E-state index in [0.717, 1.165) is 0 Å². The van der Waals surface area contributed by atoms with Crippen molar-refractivity contribution in [3.8, 4) is 0 Å². The van der Waals surface area contributed by atoms with Crippen molar-refractivity contribution in [2.24, 2.45) is 0 Å². The van der Waals surface area contributed by atoms with Crippen molar-refractivity contribution in [3.63, 3.8) is 0 Å². The lowest BCUT2D eigenvalue weighted by Crippen LogP contribution is -2.34. The van der Waals surface area contributed by atoms with Gasteiger partial charge in [0.15, 0.2) is 0 Å². The van der Waals surface area contributed by atoms with Gasteiger partial charge < -0.3 is 0 Å². The standard InChI is InChI=1S/C5H8Cl6Si2/c1-2-3-4-5(12(6,7)8)13(9,10)11/h2,5H,1,3-4H2. The Hall–Kier alpha value is 1.91. The molecule has 0 amide bonds. The van der Waals surface area contributed by atoms with Gasteiger partial charge in [-0.3, -0.25) is 0 Å². The monoisotopic (exact) mass is 334 g/mol. The van der Waals surface area contributed by atoms with Crippen molar-refractivity contribution >= 4 is 78.5 Å². The Morgan fingerprint density at radius 1 is 1.00 bits per heavy atom. The molecule has 0 bridgehead atoms. The van der Waals surface area contributed by atoms with Crippen molar-refractivity contribution in [1.82, 2.24) is 0 Å². The van der Waals surface area contributed by atoms with Crippen LogP contribution in [0.15, 0.2) is 12.7 Å². The molecule has 0 nitrogen and oxygen atoms in total. The highest BCUT2D eigenvalue weighted by molar-refractivity contribution is 7.75. The summed E-state index contributed by atoms with van der Waals surface area (Å²) in [7, 11) is 0. The molecule has 0 N–H and O–H groups in total. The molecule has 0 saturated heterocycles. The second kappa shape index (κ2) is 5.85. The normalized spacial score (nSPS) is 13.5. The van der Waals surface area contributed by atoms with Crippen LogP contribution in [-0.4, -0.2) is 12.0 Å². The number of allylic oxidation sites excluding steroid dienone is 1. The molecule has 0 atom stereocenters. The minimum Gasteiger partial charge on any atom is -0.126 e. The van der Waals surface area contributed by atoms with Crippen LogP contribution in [0, 0.1) is 0 Å². The zero-order valence-corrected chi connectivity index (χ0v) is 13.1. The molecule has 0 aliphatic rings. The average molecular weight is 337 g/mol. The fourth-order valence-electron chi connectivity index (χ4n) is 0.797. The van der Waals surface area contributed by atoms with Crippen LogP contribution in [0.3, 0.4) is 0 Å². The van der Waals surface area contributed by atoms with Gasteiger partial charge in [0.05, 0.1) is 0 Å². The fraction of sp³-hybridized carbons (Fsp3) is 0.600. The summed E-state index contributed by atoms with van der Waals surface area (Å²) in [6.45, 7) is 3.57. The van der Waals surface area contributed by atoms with Gasteiger partial charge in [-0.2, -0.15) is 0 Å². The highest BCUT2D eigenvalue weighted by Crippen LogP contribution is 2.48. The molecule has 0 aromatic heterocycles. The van der Waals surface area contributed by atoms with E-state index in [2.05, 4.69) is 6.58 Å². The van der Waals surface area contributed by atoms with Crippen LogP contribution in [0.25, 0.3) is 0 Å². The largest absolute Gasteiger partial charge is 0.345 e. The van der Waals surface area contributed by atoms with E-state index >= 15 is 0 Å². The van der Waals surface area contributed by atoms with Crippen LogP contribution in [0.5, 0.6) is 0 Å². The lowest BCUT2D eigenvalue weighted by atomic mass is 10.3. The van der Waals surface area contributed by atoms with Crippen molar-refractivity contribution in [1.29, 1.82) is 0 Å². The van der Waals surface area contributed by atoms with Gasteiger partial charge in [0, 0.05) is 5.16 Å². The van der Waals surface area contributed by atoms with E-state index in [0.29, 0.717) is 12.8 Å². The van der Waals surface area contributed by atoms with Gasteiger partial charge in [-0.1, -0.05) is 6.08 Å². The summed E-state index contributed by atoms with van der Waals surface area (Å²) in [6, 6.07) is -5.85. The molecule has 13 heavy (non-hydrogen) atoms. The van der Waals surface area contributed by atoms with Crippen molar-refractivity contribution in [2.75, 3.05) is 0 Å². The topological polar surface area (TPSA) is 0 Å². The van der Waals surface area contributed by atoms with Crippen LogP contribution in [0.1, 0.15) is 12.8 Å². The smallest absolute Gasteiger partial charge is 0.126 e. The zero-order valence-electron chi connectivity index (χ0n) is 6.54. The first-order valence-corrected chi connectivity index (χ1v) is 13.7. The van der Waals surface area contributed by atoms with Crippen molar-refractivity contribution in [2.45, 2.75) is 18.0 Å². The highest BCUT2D eigenvalue weighted by Gasteiger charge is 2.50. The zero-order chi connectivity index (χ0) is 10.7. The third-order valence-corrected chi connectivity index (χ3v) is 14.2. The Bertz CT molecular complexity index is 157. The molecular formula is C5H8Cl6Si2. The second-order valence-electron chi connectivity index (χ2n) is 2.50. The molecule has 0 aromatic carbocycles. The predicted octanol–water partition coefficient (Wildman–Crippen LogP) is 5.17. The maximum atomic E-state index is 5.84. The Morgan fingerprint density at radius 3 is 1.62 bits per heavy atom. The van der Waals surface area contributed by atoms with Gasteiger partial charge >= 0.3 is 12.0 Å². The maximum Gasteiger partial charge on any atom is 0.345 e. The summed E-state index contributed by atoms with van der Waals surface area (Å²) in [5, 5.41) is -0.368. The summed E-state index contributed by atoms with van der Waals surface area (Å²) in [6.07, 6.45) is 3.02. The van der Waals surface area contributed by atoms with Crippen LogP contribution >= 0.6 is 66.5 Å². The van der Waals surface area contributed by atoms with E-state index in [1.807, 2.05) is 0 Å². The van der Waals surface area contributed by atoms with Gasteiger partial charge in [0.25, 0.3) is 0 Å². The third kappa shape index (κ3) is 6.15. The van der Waals surface area contributed by atoms with Crippen molar-refractivity contribution in [3.05, 3.63) is 12.7 Å². The SMILES string of the molecule is C=CCCC([Si](Cl)(Cl)Cl)[Si](Cl)(Cl)Cl. The molecule has 0 aliphatic heterocycles. The van der Waals surface area contributed by atoms with Crippen LogP contribution in [0.4, 0.5) is 0 Å². The second-order valence-corrected chi connectivity index (χ2v) is 20.9. The molecular weight excluding hydrogens is 329 g/mol. The van der Waals surface area contributed by atoms with E-state index in [4.69, 9.17) is 66.5 Å². The van der Waals surface area contributed by atoms with Crippen LogP contribution < -0.4 is 0 Å². The Morgan fingerprint density at radius 2 is 1.38 bits per heavy atom. The van der Waals surface area contributed by atoms with Crippen molar-refractivity contribution < 1.29 is 0 Å². The lowest BCUT2D eigenvalue weighted by molar-refractivity contribution is 0.903. The average Bonchev–Trinajstić information content (AvgIpc) is 1.81. The van der Waals surface area contributed by atoms with Gasteiger partial charge in [-0.15, -0.1) is 73.1 Å². The minimum atomic E-state index is -2.92. The number of rotatable bonds is 5. The summed E-state index contributed by atoms with van der Waals surface area (Å²) in [5.41, 5.74) is 0. The molecule has 0 unspecified atom stereocenters. The van der Waals surface area contributed by atoms with Crippen LogP contribution in [-0.2, 0) is 0 Å². The molecule has 78 valence electrons. The summed E-state index contributed by atoms with van der Waals surface area (Å²) in [4.78, 5) is 0. The summed E-state index contributed by atoms with van der Waals surface area (Å²) in [5.74, 6) is 0. The molecule has 0 aliphatic carbocycles. The molecule has 0 saturated carbocycles. The van der Waals surface area contributed by atoms with E-state index < -0.39 is 12.0 Å². The Labute approximate surface area is 108 Å². The molecule has 0 fully saturated rings. The minimum absolute atomic E-state index is 0.368. The molecule has 8 heteroatoms. The van der Waals surface area contributed by atoms with E-state index in [9.17, 15) is 0 Å². The first-order valence-electron chi connectivity index (χ1n) is 3.44. The third-order valence-electron chi connectivity index (χ3n) is 1.45.